The fourth-order valence-electron chi connectivity index (χ4n) is 2.23. The molecule has 7 heteroatoms. The molecule has 1 saturated carbocycles. The van der Waals surface area contributed by atoms with Crippen LogP contribution in [0.3, 0.4) is 0 Å². The van der Waals surface area contributed by atoms with E-state index in [0.717, 1.165) is 18.5 Å². The van der Waals surface area contributed by atoms with E-state index in [4.69, 9.17) is 16.3 Å². The normalized spacial score (nSPS) is 15.1. The van der Waals surface area contributed by atoms with Crippen molar-refractivity contribution in [2.75, 3.05) is 12.4 Å². The number of ether oxygens (including phenoxy) is 1. The minimum Gasteiger partial charge on any atom is -0.464 e. The number of nitrogens with zero attached hydrogens (tertiary/aromatic N) is 3. The summed E-state index contributed by atoms with van der Waals surface area (Å²) in [6, 6.07) is 5.57. The van der Waals surface area contributed by atoms with Crippen molar-refractivity contribution in [1.29, 1.82) is 0 Å². The molecule has 6 nitrogen and oxygen atoms in total. The van der Waals surface area contributed by atoms with Crippen LogP contribution in [0.2, 0.25) is 5.02 Å². The molecule has 1 fully saturated rings. The molecule has 2 aromatic heterocycles. The zero-order valence-corrected chi connectivity index (χ0v) is 13.7. The Labute approximate surface area is 139 Å². The van der Waals surface area contributed by atoms with Crippen LogP contribution in [0, 0.1) is 0 Å². The molecule has 2 heterocycles. The number of halogens is 1. The van der Waals surface area contributed by atoms with Gasteiger partial charge in [0.15, 0.2) is 5.69 Å². The Morgan fingerprint density at radius 3 is 2.78 bits per heavy atom. The number of carbonyl (C=O) groups excluding carboxylic acids is 1. The van der Waals surface area contributed by atoms with Gasteiger partial charge in [-0.3, -0.25) is 4.98 Å². The average Bonchev–Trinajstić information content (AvgIpc) is 3.41. The lowest BCUT2D eigenvalue weighted by Gasteiger charge is -2.16. The number of hydrogen-bond acceptors (Lipinski definition) is 6. The van der Waals surface area contributed by atoms with E-state index in [2.05, 4.69) is 20.3 Å². The molecule has 2 aromatic rings. The maximum Gasteiger partial charge on any atom is 0.358 e. The van der Waals surface area contributed by atoms with Crippen molar-refractivity contribution in [3.63, 3.8) is 0 Å². The highest BCUT2D eigenvalue weighted by atomic mass is 35.5. The fraction of sp³-hybridized carbons (Fsp3) is 0.375. The molecule has 0 bridgehead atoms. The van der Waals surface area contributed by atoms with E-state index in [1.54, 1.807) is 6.20 Å². The van der Waals surface area contributed by atoms with Crippen molar-refractivity contribution in [2.24, 2.45) is 0 Å². The van der Waals surface area contributed by atoms with Gasteiger partial charge in [0.2, 0.25) is 0 Å². The van der Waals surface area contributed by atoms with Crippen molar-refractivity contribution in [1.82, 2.24) is 15.0 Å². The van der Waals surface area contributed by atoms with E-state index in [-0.39, 0.29) is 16.8 Å². The number of hydrogen-bond donors (Lipinski definition) is 1. The summed E-state index contributed by atoms with van der Waals surface area (Å²) in [5, 5.41) is 3.39. The van der Waals surface area contributed by atoms with Crippen LogP contribution in [0.1, 0.15) is 53.7 Å². The standard InChI is InChI=1S/C16H17ClN4O2/c1-9(11-5-3-4-8-18-11)19-15-12(17)13(16(22)23-2)20-14(21-15)10-6-7-10/h3-5,8-10H,6-7H2,1-2H3,(H,19,20,21). The zero-order chi connectivity index (χ0) is 16.4. The van der Waals surface area contributed by atoms with E-state index in [1.165, 1.54) is 7.11 Å². The van der Waals surface area contributed by atoms with E-state index in [0.29, 0.717) is 17.6 Å². The van der Waals surface area contributed by atoms with Gasteiger partial charge in [-0.25, -0.2) is 14.8 Å². The largest absolute Gasteiger partial charge is 0.464 e. The minimum absolute atomic E-state index is 0.0989. The summed E-state index contributed by atoms with van der Waals surface area (Å²) < 4.78 is 4.76. The van der Waals surface area contributed by atoms with Crippen molar-refractivity contribution in [2.45, 2.75) is 31.7 Å². The van der Waals surface area contributed by atoms with Crippen molar-refractivity contribution >= 4 is 23.4 Å². The van der Waals surface area contributed by atoms with Gasteiger partial charge >= 0.3 is 5.97 Å². The van der Waals surface area contributed by atoms with E-state index in [1.807, 2.05) is 25.1 Å². The Morgan fingerprint density at radius 2 is 2.17 bits per heavy atom. The lowest BCUT2D eigenvalue weighted by Crippen LogP contribution is -2.15. The lowest BCUT2D eigenvalue weighted by atomic mass is 10.2. The maximum atomic E-state index is 11.9. The predicted octanol–water partition coefficient (Wildman–Crippen LogP) is 3.36. The van der Waals surface area contributed by atoms with Crippen LogP contribution in [0.15, 0.2) is 24.4 Å². The number of anilines is 1. The van der Waals surface area contributed by atoms with Crippen LogP contribution in [-0.4, -0.2) is 28.0 Å². The Morgan fingerprint density at radius 1 is 1.39 bits per heavy atom. The molecule has 1 atom stereocenters. The first kappa shape index (κ1) is 15.7. The molecule has 0 aromatic carbocycles. The van der Waals surface area contributed by atoms with Gasteiger partial charge in [0.05, 0.1) is 18.8 Å². The molecule has 120 valence electrons. The van der Waals surface area contributed by atoms with Gasteiger partial charge in [0.25, 0.3) is 0 Å². The Bertz CT molecular complexity index is 720. The van der Waals surface area contributed by atoms with Crippen LogP contribution in [-0.2, 0) is 4.74 Å². The molecule has 0 radical (unpaired) electrons. The molecule has 1 N–H and O–H groups in total. The Kier molecular flexibility index (Phi) is 4.43. The maximum absolute atomic E-state index is 11.9. The first-order valence-electron chi connectivity index (χ1n) is 7.43. The van der Waals surface area contributed by atoms with Gasteiger partial charge in [-0.1, -0.05) is 17.7 Å². The van der Waals surface area contributed by atoms with Crippen LogP contribution in [0.4, 0.5) is 5.82 Å². The smallest absolute Gasteiger partial charge is 0.358 e. The van der Waals surface area contributed by atoms with E-state index < -0.39 is 5.97 Å². The number of esters is 1. The predicted molar refractivity (Wildman–Crippen MR) is 86.6 cm³/mol. The molecular formula is C16H17ClN4O2. The highest BCUT2D eigenvalue weighted by Crippen LogP contribution is 2.40. The first-order valence-corrected chi connectivity index (χ1v) is 7.81. The van der Waals surface area contributed by atoms with E-state index in [9.17, 15) is 4.79 Å². The number of rotatable bonds is 5. The summed E-state index contributed by atoms with van der Waals surface area (Å²) in [5.74, 6) is 0.793. The second-order valence-corrected chi connectivity index (χ2v) is 5.86. The molecule has 0 saturated heterocycles. The summed E-state index contributed by atoms with van der Waals surface area (Å²) in [5.41, 5.74) is 0.955. The number of nitrogens with one attached hydrogen (secondary N) is 1. The molecule has 1 aliphatic carbocycles. The number of carbonyl (C=O) groups is 1. The van der Waals surface area contributed by atoms with Gasteiger partial charge < -0.3 is 10.1 Å². The summed E-state index contributed by atoms with van der Waals surface area (Å²) in [7, 11) is 1.31. The van der Waals surface area contributed by atoms with Gasteiger partial charge in [-0.2, -0.15) is 0 Å². The van der Waals surface area contributed by atoms with Crippen molar-refractivity contribution in [3.05, 3.63) is 46.6 Å². The van der Waals surface area contributed by atoms with Gasteiger partial charge in [-0.15, -0.1) is 0 Å². The molecule has 23 heavy (non-hydrogen) atoms. The van der Waals surface area contributed by atoms with Crippen molar-refractivity contribution in [3.8, 4) is 0 Å². The fourth-order valence-corrected chi connectivity index (χ4v) is 2.44. The lowest BCUT2D eigenvalue weighted by molar-refractivity contribution is 0.0593. The quantitative estimate of drug-likeness (QED) is 0.846. The highest BCUT2D eigenvalue weighted by molar-refractivity contribution is 6.35. The topological polar surface area (TPSA) is 77.0 Å². The third-order valence-corrected chi connectivity index (χ3v) is 4.03. The molecule has 1 unspecified atom stereocenters. The molecule has 3 rings (SSSR count). The number of aromatic nitrogens is 3. The van der Waals surface area contributed by atoms with Crippen LogP contribution >= 0.6 is 11.6 Å². The third kappa shape index (κ3) is 3.42. The highest BCUT2D eigenvalue weighted by Gasteiger charge is 2.30. The molecule has 0 aliphatic heterocycles. The first-order chi connectivity index (χ1) is 11.1. The summed E-state index contributed by atoms with van der Waals surface area (Å²) in [6.07, 6.45) is 3.78. The van der Waals surface area contributed by atoms with E-state index >= 15 is 0 Å². The Balaban J connectivity index is 1.94. The van der Waals surface area contributed by atoms with Crippen molar-refractivity contribution < 1.29 is 9.53 Å². The minimum atomic E-state index is -0.562. The molecule has 0 spiro atoms. The van der Waals surface area contributed by atoms with Crippen LogP contribution in [0.25, 0.3) is 0 Å². The van der Waals surface area contributed by atoms with Crippen LogP contribution in [0.5, 0.6) is 0 Å². The third-order valence-electron chi connectivity index (χ3n) is 3.67. The molecule has 1 aliphatic rings. The second kappa shape index (κ2) is 6.50. The number of pyridine rings is 1. The van der Waals surface area contributed by atoms with Gasteiger partial charge in [0, 0.05) is 12.1 Å². The van der Waals surface area contributed by atoms with Crippen LogP contribution < -0.4 is 5.32 Å². The summed E-state index contributed by atoms with van der Waals surface area (Å²) in [6.45, 7) is 1.95. The Hall–Kier alpha value is -2.21. The monoisotopic (exact) mass is 332 g/mol. The summed E-state index contributed by atoms with van der Waals surface area (Å²) in [4.78, 5) is 25.0. The van der Waals surface area contributed by atoms with Gasteiger partial charge in [-0.05, 0) is 31.9 Å². The molecule has 0 amide bonds. The molecular weight excluding hydrogens is 316 g/mol. The zero-order valence-electron chi connectivity index (χ0n) is 12.9. The second-order valence-electron chi connectivity index (χ2n) is 5.48. The number of methoxy groups -OCH3 is 1. The average molecular weight is 333 g/mol. The SMILES string of the molecule is COC(=O)c1nc(C2CC2)nc(NC(C)c2ccccn2)c1Cl. The van der Waals surface area contributed by atoms with Gasteiger partial charge in [0.1, 0.15) is 16.7 Å². The summed E-state index contributed by atoms with van der Waals surface area (Å²) >= 11 is 6.30.